The standard InChI is InChI=1S/C20H20N2O3/c1-3-25-19(23)16-17(14-7-5-4-6-8-14)21-20(24)22-18(16)15-11-9-13(2)10-12-15/h4-12,18H,3H2,1-2H3,(H2,21,22,24)/t18-/m1/s1. The van der Waals surface area contributed by atoms with Crippen LogP contribution in [0.4, 0.5) is 4.79 Å². The van der Waals surface area contributed by atoms with Crippen molar-refractivity contribution in [2.24, 2.45) is 0 Å². The van der Waals surface area contributed by atoms with E-state index < -0.39 is 12.0 Å². The zero-order valence-electron chi connectivity index (χ0n) is 14.2. The molecule has 128 valence electrons. The lowest BCUT2D eigenvalue weighted by Gasteiger charge is -2.29. The molecule has 0 fully saturated rings. The molecule has 0 radical (unpaired) electrons. The Labute approximate surface area is 146 Å². The van der Waals surface area contributed by atoms with Gasteiger partial charge in [0.25, 0.3) is 0 Å². The summed E-state index contributed by atoms with van der Waals surface area (Å²) in [6, 6.07) is 16.1. The molecule has 1 aliphatic heterocycles. The Bertz CT molecular complexity index is 811. The lowest BCUT2D eigenvalue weighted by Crippen LogP contribution is -2.45. The van der Waals surface area contributed by atoms with Crippen molar-refractivity contribution in [3.05, 3.63) is 76.9 Å². The summed E-state index contributed by atoms with van der Waals surface area (Å²) in [4.78, 5) is 24.9. The van der Waals surface area contributed by atoms with Gasteiger partial charge in [-0.1, -0.05) is 60.2 Å². The second-order valence-electron chi connectivity index (χ2n) is 5.82. The van der Waals surface area contributed by atoms with Crippen LogP contribution in [0.5, 0.6) is 0 Å². The zero-order valence-corrected chi connectivity index (χ0v) is 14.2. The summed E-state index contributed by atoms with van der Waals surface area (Å²) >= 11 is 0. The van der Waals surface area contributed by atoms with Gasteiger partial charge in [-0.3, -0.25) is 0 Å². The van der Waals surface area contributed by atoms with Crippen molar-refractivity contribution in [1.82, 2.24) is 10.6 Å². The lowest BCUT2D eigenvalue weighted by atomic mass is 9.92. The fraction of sp³-hybridized carbons (Fsp3) is 0.200. The highest BCUT2D eigenvalue weighted by Crippen LogP contribution is 2.32. The topological polar surface area (TPSA) is 67.4 Å². The van der Waals surface area contributed by atoms with E-state index in [2.05, 4.69) is 10.6 Å². The number of benzene rings is 2. The molecule has 5 nitrogen and oxygen atoms in total. The van der Waals surface area contributed by atoms with Crippen LogP contribution >= 0.6 is 0 Å². The Kier molecular flexibility index (Phi) is 4.84. The van der Waals surface area contributed by atoms with Crippen molar-refractivity contribution in [1.29, 1.82) is 0 Å². The van der Waals surface area contributed by atoms with Crippen molar-refractivity contribution < 1.29 is 14.3 Å². The number of ether oxygens (including phenoxy) is 1. The average Bonchev–Trinajstić information content (AvgIpc) is 2.62. The number of amides is 2. The molecule has 2 aromatic rings. The van der Waals surface area contributed by atoms with E-state index in [1.54, 1.807) is 6.92 Å². The molecule has 0 unspecified atom stereocenters. The van der Waals surface area contributed by atoms with Gasteiger partial charge in [0.15, 0.2) is 0 Å². The predicted octanol–water partition coefficient (Wildman–Crippen LogP) is 3.32. The summed E-state index contributed by atoms with van der Waals surface area (Å²) in [5.41, 5.74) is 3.58. The van der Waals surface area contributed by atoms with Crippen LogP contribution in [0.15, 0.2) is 60.2 Å². The molecular weight excluding hydrogens is 316 g/mol. The third-order valence-corrected chi connectivity index (χ3v) is 4.04. The molecule has 3 rings (SSSR count). The summed E-state index contributed by atoms with van der Waals surface area (Å²) in [6.45, 7) is 4.01. The maximum absolute atomic E-state index is 12.7. The van der Waals surface area contributed by atoms with Gasteiger partial charge in [0.2, 0.25) is 0 Å². The maximum Gasteiger partial charge on any atom is 0.338 e. The van der Waals surface area contributed by atoms with Gasteiger partial charge in [0.1, 0.15) is 0 Å². The van der Waals surface area contributed by atoms with Gasteiger partial charge < -0.3 is 15.4 Å². The smallest absolute Gasteiger partial charge is 0.338 e. The molecule has 1 aliphatic rings. The molecule has 0 saturated carbocycles. The van der Waals surface area contributed by atoms with E-state index in [4.69, 9.17) is 4.74 Å². The molecular formula is C20H20N2O3. The molecule has 0 spiro atoms. The summed E-state index contributed by atoms with van der Waals surface area (Å²) in [5, 5.41) is 5.59. The first-order chi connectivity index (χ1) is 12.1. The second kappa shape index (κ2) is 7.21. The van der Waals surface area contributed by atoms with E-state index in [1.807, 2.05) is 61.5 Å². The van der Waals surface area contributed by atoms with Crippen LogP contribution in [0, 0.1) is 6.92 Å². The molecule has 0 aromatic heterocycles. The van der Waals surface area contributed by atoms with Crippen LogP contribution < -0.4 is 10.6 Å². The van der Waals surface area contributed by atoms with E-state index in [0.717, 1.165) is 16.7 Å². The third kappa shape index (κ3) is 3.55. The summed E-state index contributed by atoms with van der Waals surface area (Å²) < 4.78 is 5.26. The number of hydrogen-bond acceptors (Lipinski definition) is 3. The van der Waals surface area contributed by atoms with Gasteiger partial charge in [-0.15, -0.1) is 0 Å². The van der Waals surface area contributed by atoms with Gasteiger partial charge in [-0.05, 0) is 25.0 Å². The summed E-state index contributed by atoms with van der Waals surface area (Å²) in [5.74, 6) is -0.445. The summed E-state index contributed by atoms with van der Waals surface area (Å²) in [6.07, 6.45) is 0. The minimum atomic E-state index is -0.566. The first-order valence-corrected chi connectivity index (χ1v) is 8.21. The SMILES string of the molecule is CCOC(=O)C1=C(c2ccccc2)NC(=O)N[C@@H]1c1ccc(C)cc1. The second-order valence-corrected chi connectivity index (χ2v) is 5.82. The highest BCUT2D eigenvalue weighted by molar-refractivity contribution is 6.04. The highest BCUT2D eigenvalue weighted by atomic mass is 16.5. The van der Waals surface area contributed by atoms with Gasteiger partial charge in [0.05, 0.1) is 23.9 Å². The van der Waals surface area contributed by atoms with Crippen molar-refractivity contribution in [3.8, 4) is 0 Å². The first-order valence-electron chi connectivity index (χ1n) is 8.21. The Balaban J connectivity index is 2.16. The van der Waals surface area contributed by atoms with Gasteiger partial charge in [0, 0.05) is 0 Å². The number of urea groups is 1. The van der Waals surface area contributed by atoms with Crippen molar-refractivity contribution in [2.75, 3.05) is 6.61 Å². The van der Waals surface area contributed by atoms with Crippen LogP contribution in [-0.2, 0) is 9.53 Å². The highest BCUT2D eigenvalue weighted by Gasteiger charge is 2.34. The van der Waals surface area contributed by atoms with Gasteiger partial charge in [-0.25, -0.2) is 9.59 Å². The molecule has 2 N–H and O–H groups in total. The molecule has 2 amide bonds. The molecule has 1 atom stereocenters. The number of carbonyl (C=O) groups is 2. The quantitative estimate of drug-likeness (QED) is 0.842. The van der Waals surface area contributed by atoms with Crippen molar-refractivity contribution >= 4 is 17.7 Å². The number of hydrogen-bond donors (Lipinski definition) is 2. The fourth-order valence-corrected chi connectivity index (χ4v) is 2.83. The van der Waals surface area contributed by atoms with Crippen LogP contribution in [-0.4, -0.2) is 18.6 Å². The van der Waals surface area contributed by atoms with Crippen LogP contribution in [0.3, 0.4) is 0 Å². The average molecular weight is 336 g/mol. The number of carbonyl (C=O) groups excluding carboxylic acids is 2. The molecule has 0 saturated heterocycles. The molecule has 1 heterocycles. The van der Waals surface area contributed by atoms with E-state index in [1.165, 1.54) is 0 Å². The monoisotopic (exact) mass is 336 g/mol. The molecule has 2 aromatic carbocycles. The zero-order chi connectivity index (χ0) is 17.8. The first kappa shape index (κ1) is 16.8. The Morgan fingerprint density at radius 1 is 1.08 bits per heavy atom. The van der Waals surface area contributed by atoms with Crippen LogP contribution in [0.1, 0.15) is 29.7 Å². The van der Waals surface area contributed by atoms with Gasteiger partial charge in [-0.2, -0.15) is 0 Å². The normalized spacial score (nSPS) is 16.9. The minimum Gasteiger partial charge on any atom is -0.463 e. The third-order valence-electron chi connectivity index (χ3n) is 4.04. The number of aryl methyl sites for hydroxylation is 1. The Morgan fingerprint density at radius 3 is 2.40 bits per heavy atom. The van der Waals surface area contributed by atoms with Crippen molar-refractivity contribution in [3.63, 3.8) is 0 Å². The van der Waals surface area contributed by atoms with E-state index in [9.17, 15) is 9.59 Å². The Morgan fingerprint density at radius 2 is 1.76 bits per heavy atom. The van der Waals surface area contributed by atoms with Crippen LogP contribution in [0.2, 0.25) is 0 Å². The molecule has 25 heavy (non-hydrogen) atoms. The molecule has 5 heteroatoms. The lowest BCUT2D eigenvalue weighted by molar-refractivity contribution is -0.138. The number of esters is 1. The van der Waals surface area contributed by atoms with Crippen LogP contribution in [0.25, 0.3) is 5.70 Å². The van der Waals surface area contributed by atoms with E-state index >= 15 is 0 Å². The fourth-order valence-electron chi connectivity index (χ4n) is 2.83. The Hall–Kier alpha value is -3.08. The molecule has 0 bridgehead atoms. The predicted molar refractivity (Wildman–Crippen MR) is 95.6 cm³/mol. The van der Waals surface area contributed by atoms with Crippen molar-refractivity contribution in [2.45, 2.75) is 19.9 Å². The molecule has 0 aliphatic carbocycles. The number of nitrogens with one attached hydrogen (secondary N) is 2. The van der Waals surface area contributed by atoms with E-state index in [-0.39, 0.29) is 12.6 Å². The van der Waals surface area contributed by atoms with E-state index in [0.29, 0.717) is 11.3 Å². The van der Waals surface area contributed by atoms with Gasteiger partial charge >= 0.3 is 12.0 Å². The maximum atomic E-state index is 12.7. The summed E-state index contributed by atoms with van der Waals surface area (Å²) in [7, 11) is 0. The minimum absolute atomic E-state index is 0.263. The largest absolute Gasteiger partial charge is 0.463 e. The number of rotatable bonds is 4.